The first kappa shape index (κ1) is 20.5. The van der Waals surface area contributed by atoms with Gasteiger partial charge in [0.25, 0.3) is 5.91 Å². The van der Waals surface area contributed by atoms with E-state index in [0.29, 0.717) is 15.2 Å². The Morgan fingerprint density at radius 3 is 2.62 bits per heavy atom. The third-order valence-corrected chi connectivity index (χ3v) is 5.83. The lowest BCUT2D eigenvalue weighted by Gasteiger charge is -2.17. The first-order valence-corrected chi connectivity index (χ1v) is 10.3. The lowest BCUT2D eigenvalue weighted by molar-refractivity contribution is -0.120. The Bertz CT molecular complexity index is 806. The van der Waals surface area contributed by atoms with Crippen molar-refractivity contribution in [2.45, 2.75) is 19.9 Å². The van der Waals surface area contributed by atoms with Crippen LogP contribution in [0.25, 0.3) is 5.57 Å². The van der Waals surface area contributed by atoms with Crippen LogP contribution in [-0.4, -0.2) is 38.9 Å². The summed E-state index contributed by atoms with van der Waals surface area (Å²) in [6.45, 7) is 4.00. The number of aliphatic hydroxyl groups excluding tert-OH is 1. The number of amidine groups is 1. The van der Waals surface area contributed by atoms with Crippen molar-refractivity contribution in [1.29, 1.82) is 0 Å². The molecule has 0 saturated heterocycles. The highest BCUT2D eigenvalue weighted by atomic mass is 35.5. The molecule has 0 spiro atoms. The Kier molecular flexibility index (Phi) is 7.68. The Hall–Kier alpha value is -1.83. The molecule has 1 aliphatic rings. The molecule has 0 bridgehead atoms. The fourth-order valence-electron chi connectivity index (χ4n) is 2.25. The fraction of sp³-hybridized carbons (Fsp3) is 0.278. The summed E-state index contributed by atoms with van der Waals surface area (Å²) in [5.74, 6) is 0.424. The maximum atomic E-state index is 12.7. The van der Waals surface area contributed by atoms with E-state index in [0.717, 1.165) is 16.9 Å². The van der Waals surface area contributed by atoms with Crippen molar-refractivity contribution in [3.63, 3.8) is 0 Å². The van der Waals surface area contributed by atoms with E-state index in [1.807, 2.05) is 32.0 Å². The molecule has 1 aromatic carbocycles. The number of halogens is 1. The number of hydrogen-bond acceptors (Lipinski definition) is 6. The number of aliphatic imine (C=N–C) groups is 1. The summed E-state index contributed by atoms with van der Waals surface area (Å²) in [4.78, 5) is 23.7. The quantitative estimate of drug-likeness (QED) is 0.570. The molecule has 2 heterocycles. The van der Waals surface area contributed by atoms with E-state index in [4.69, 9.17) is 11.6 Å². The van der Waals surface area contributed by atoms with Gasteiger partial charge in [0, 0.05) is 19.0 Å². The zero-order chi connectivity index (χ0) is 19.1. The zero-order valence-corrected chi connectivity index (χ0v) is 17.1. The topological polar surface area (TPSA) is 65.8 Å². The van der Waals surface area contributed by atoms with Gasteiger partial charge in [-0.15, -0.1) is 11.3 Å². The van der Waals surface area contributed by atoms with Crippen LogP contribution in [0, 0.1) is 0 Å². The zero-order valence-electron chi connectivity index (χ0n) is 14.7. The van der Waals surface area contributed by atoms with Gasteiger partial charge in [0.05, 0.1) is 22.8 Å². The van der Waals surface area contributed by atoms with Crippen molar-refractivity contribution in [3.8, 4) is 0 Å². The van der Waals surface area contributed by atoms with Crippen molar-refractivity contribution < 1.29 is 9.90 Å². The van der Waals surface area contributed by atoms with Gasteiger partial charge in [0.2, 0.25) is 0 Å². The molecule has 2 aromatic rings. The van der Waals surface area contributed by atoms with Crippen molar-refractivity contribution in [1.82, 2.24) is 9.88 Å². The Morgan fingerprint density at radius 1 is 1.35 bits per heavy atom. The van der Waals surface area contributed by atoms with Crippen LogP contribution in [0.2, 0.25) is 4.47 Å². The summed E-state index contributed by atoms with van der Waals surface area (Å²) < 4.78 is 0.484. The van der Waals surface area contributed by atoms with Crippen LogP contribution in [0.3, 0.4) is 0 Å². The third kappa shape index (κ3) is 4.66. The van der Waals surface area contributed by atoms with Crippen LogP contribution in [0.15, 0.2) is 47.8 Å². The Morgan fingerprint density at radius 2 is 2.04 bits per heavy atom. The smallest absolute Gasteiger partial charge is 0.263 e. The molecule has 0 aliphatic carbocycles. The number of thioether (sulfide) groups is 1. The summed E-state index contributed by atoms with van der Waals surface area (Å²) in [5.41, 5.74) is 0.886. The number of aliphatic hydroxyl groups is 1. The van der Waals surface area contributed by atoms with Crippen LogP contribution < -0.4 is 0 Å². The molecule has 0 radical (unpaired) electrons. The highest BCUT2D eigenvalue weighted by Crippen LogP contribution is 2.35. The van der Waals surface area contributed by atoms with Gasteiger partial charge >= 0.3 is 0 Å². The van der Waals surface area contributed by atoms with Gasteiger partial charge in [-0.05, 0) is 5.56 Å². The SMILES string of the molecule is CC.CN(C(=O)/C(=C/O)c1ccccc1)C1=NC(c2cnc(Cl)s2)CS1. The average molecular weight is 410 g/mol. The molecule has 0 saturated carbocycles. The van der Waals surface area contributed by atoms with Crippen LogP contribution in [-0.2, 0) is 4.79 Å². The number of carbonyl (C=O) groups is 1. The third-order valence-electron chi connectivity index (χ3n) is 3.50. The molecule has 0 fully saturated rings. The standard InChI is InChI=1S/C16H14ClN3O2S2.C2H6/c1-20(14(22)11(8-21)10-5-3-2-4-6-10)16-19-12(9-23-16)13-7-18-15(17)24-13;1-2/h2-8,12,21H,9H2,1H3;1-2H3/b11-8+;. The predicted octanol–water partition coefficient (Wildman–Crippen LogP) is 5.02. The van der Waals surface area contributed by atoms with Gasteiger partial charge in [-0.1, -0.05) is 67.5 Å². The van der Waals surface area contributed by atoms with Crippen molar-refractivity contribution in [2.24, 2.45) is 4.99 Å². The number of benzene rings is 1. The van der Waals surface area contributed by atoms with Gasteiger partial charge < -0.3 is 5.11 Å². The lowest BCUT2D eigenvalue weighted by Crippen LogP contribution is -2.31. The minimum Gasteiger partial charge on any atom is -0.515 e. The van der Waals surface area contributed by atoms with Gasteiger partial charge in [0.1, 0.15) is 0 Å². The summed E-state index contributed by atoms with van der Waals surface area (Å²) >= 11 is 8.76. The number of amides is 1. The number of aromatic nitrogens is 1. The van der Waals surface area contributed by atoms with E-state index in [9.17, 15) is 9.90 Å². The number of carbonyl (C=O) groups excluding carboxylic acids is 1. The average Bonchev–Trinajstić information content (AvgIpc) is 3.33. The van der Waals surface area contributed by atoms with E-state index >= 15 is 0 Å². The monoisotopic (exact) mass is 409 g/mol. The fourth-order valence-corrected chi connectivity index (χ4v) is 4.39. The Labute approximate surface area is 166 Å². The first-order valence-electron chi connectivity index (χ1n) is 8.10. The highest BCUT2D eigenvalue weighted by Gasteiger charge is 2.28. The van der Waals surface area contributed by atoms with E-state index in [1.54, 1.807) is 25.4 Å². The predicted molar refractivity (Wildman–Crippen MR) is 111 cm³/mol. The largest absolute Gasteiger partial charge is 0.515 e. The van der Waals surface area contributed by atoms with Crippen LogP contribution in [0.4, 0.5) is 0 Å². The highest BCUT2D eigenvalue weighted by molar-refractivity contribution is 8.14. The molecule has 1 unspecified atom stereocenters. The van der Waals surface area contributed by atoms with Crippen LogP contribution in [0.1, 0.15) is 30.3 Å². The lowest BCUT2D eigenvalue weighted by atomic mass is 10.1. The van der Waals surface area contributed by atoms with E-state index in [2.05, 4.69) is 9.98 Å². The molecule has 3 rings (SSSR count). The first-order chi connectivity index (χ1) is 12.6. The number of rotatable bonds is 3. The maximum Gasteiger partial charge on any atom is 0.263 e. The summed E-state index contributed by atoms with van der Waals surface area (Å²) in [6, 6.07) is 8.99. The molecule has 8 heteroatoms. The number of likely N-dealkylation sites (N-methyl/N-ethyl adjacent to an activating group) is 1. The second-order valence-electron chi connectivity index (χ2n) is 5.03. The number of nitrogens with zero attached hydrogens (tertiary/aromatic N) is 3. The van der Waals surface area contributed by atoms with Gasteiger partial charge in [-0.2, -0.15) is 0 Å². The summed E-state index contributed by atoms with van der Waals surface area (Å²) in [5, 5.41) is 10.1. The number of thiazole rings is 1. The molecular weight excluding hydrogens is 390 g/mol. The second-order valence-corrected chi connectivity index (χ2v) is 7.66. The molecular formula is C18H20ClN3O2S2. The van der Waals surface area contributed by atoms with Gasteiger partial charge in [0.15, 0.2) is 9.63 Å². The molecule has 138 valence electrons. The van der Waals surface area contributed by atoms with Gasteiger partial charge in [-0.3, -0.25) is 14.7 Å². The normalized spacial score (nSPS) is 16.5. The van der Waals surface area contributed by atoms with Crippen LogP contribution >= 0.6 is 34.7 Å². The maximum absolute atomic E-state index is 12.7. The molecule has 26 heavy (non-hydrogen) atoms. The second kappa shape index (κ2) is 9.75. The molecule has 1 aromatic heterocycles. The molecule has 5 nitrogen and oxygen atoms in total. The molecule has 1 aliphatic heterocycles. The minimum atomic E-state index is -0.307. The van der Waals surface area contributed by atoms with Crippen molar-refractivity contribution in [2.75, 3.05) is 12.8 Å². The molecule has 1 atom stereocenters. The molecule has 1 amide bonds. The minimum absolute atomic E-state index is 0.0523. The molecule has 1 N–H and O–H groups in total. The van der Waals surface area contributed by atoms with Gasteiger partial charge in [-0.25, -0.2) is 4.98 Å². The van der Waals surface area contributed by atoms with Crippen LogP contribution in [0.5, 0.6) is 0 Å². The number of hydrogen-bond donors (Lipinski definition) is 1. The Balaban J connectivity index is 0.00000117. The van der Waals surface area contributed by atoms with E-state index in [1.165, 1.54) is 28.0 Å². The van der Waals surface area contributed by atoms with E-state index < -0.39 is 0 Å². The van der Waals surface area contributed by atoms with Crippen molar-refractivity contribution in [3.05, 3.63) is 57.7 Å². The summed E-state index contributed by atoms with van der Waals surface area (Å²) in [7, 11) is 1.66. The van der Waals surface area contributed by atoms with Crippen molar-refractivity contribution >= 4 is 51.3 Å². The summed E-state index contributed by atoms with van der Waals surface area (Å²) in [6.07, 6.45) is 2.56. The van der Waals surface area contributed by atoms with E-state index in [-0.39, 0.29) is 17.5 Å².